The molecule has 1 N–H and O–H groups in total. The summed E-state index contributed by atoms with van der Waals surface area (Å²) in [5.74, 6) is 0.475. The van der Waals surface area contributed by atoms with E-state index in [-0.39, 0.29) is 24.0 Å². The van der Waals surface area contributed by atoms with Gasteiger partial charge < -0.3 is 14.7 Å². The minimum Gasteiger partial charge on any atom is -0.508 e. The number of allylic oxidation sites excluding steroid dienone is 1. The molecule has 0 unspecified atom stereocenters. The van der Waals surface area contributed by atoms with Crippen molar-refractivity contribution in [2.75, 3.05) is 19.7 Å². The Kier molecular flexibility index (Phi) is 6.97. The molecule has 2 aromatic carbocycles. The lowest BCUT2D eigenvalue weighted by molar-refractivity contribution is -0.132. The van der Waals surface area contributed by atoms with Crippen LogP contribution in [0.1, 0.15) is 29.8 Å². The number of nitrogens with zero attached hydrogens (tertiary/aromatic N) is 1. The van der Waals surface area contributed by atoms with Crippen LogP contribution >= 0.6 is 0 Å². The van der Waals surface area contributed by atoms with E-state index in [1.54, 1.807) is 59.5 Å². The van der Waals surface area contributed by atoms with E-state index >= 15 is 0 Å². The van der Waals surface area contributed by atoms with Crippen molar-refractivity contribution in [3.8, 4) is 11.5 Å². The first kappa shape index (κ1) is 19.2. The fourth-order valence-electron chi connectivity index (χ4n) is 2.42. The Morgan fingerprint density at radius 3 is 2.38 bits per heavy atom. The maximum Gasteiger partial charge on any atom is 0.260 e. The number of aromatic hydroxyl groups is 1. The second kappa shape index (κ2) is 9.42. The highest BCUT2D eigenvalue weighted by atomic mass is 16.5. The number of amides is 1. The molecule has 2 aromatic rings. The minimum absolute atomic E-state index is 0.0215. The Balaban J connectivity index is 1.94. The monoisotopic (exact) mass is 353 g/mol. The Hall–Kier alpha value is -3.08. The van der Waals surface area contributed by atoms with Crippen LogP contribution in [-0.2, 0) is 4.79 Å². The van der Waals surface area contributed by atoms with Gasteiger partial charge in [0.15, 0.2) is 12.4 Å². The third-order valence-corrected chi connectivity index (χ3v) is 3.91. The minimum atomic E-state index is -0.154. The number of likely N-dealkylation sites (N-methyl/N-ethyl adjacent to an activating group) is 1. The van der Waals surface area contributed by atoms with Crippen LogP contribution < -0.4 is 4.74 Å². The third kappa shape index (κ3) is 5.48. The molecule has 0 radical (unpaired) electrons. The van der Waals surface area contributed by atoms with Crippen molar-refractivity contribution in [1.82, 2.24) is 4.90 Å². The van der Waals surface area contributed by atoms with Crippen molar-refractivity contribution in [3.63, 3.8) is 0 Å². The van der Waals surface area contributed by atoms with Crippen LogP contribution in [-0.4, -0.2) is 41.4 Å². The maximum absolute atomic E-state index is 12.2. The van der Waals surface area contributed by atoms with Crippen LogP contribution in [0.5, 0.6) is 11.5 Å². The molecule has 0 saturated heterocycles. The molecule has 0 bridgehead atoms. The Morgan fingerprint density at radius 2 is 1.77 bits per heavy atom. The van der Waals surface area contributed by atoms with E-state index in [9.17, 15) is 14.7 Å². The zero-order valence-corrected chi connectivity index (χ0v) is 15.0. The summed E-state index contributed by atoms with van der Waals surface area (Å²) < 4.78 is 5.48. The third-order valence-electron chi connectivity index (χ3n) is 3.91. The summed E-state index contributed by atoms with van der Waals surface area (Å²) in [7, 11) is 0. The van der Waals surface area contributed by atoms with Crippen molar-refractivity contribution in [1.29, 1.82) is 0 Å². The molecule has 0 saturated carbocycles. The van der Waals surface area contributed by atoms with Gasteiger partial charge in [0.1, 0.15) is 11.5 Å². The highest BCUT2D eigenvalue weighted by Crippen LogP contribution is 2.15. The van der Waals surface area contributed by atoms with Gasteiger partial charge >= 0.3 is 0 Å². The van der Waals surface area contributed by atoms with Gasteiger partial charge in [0, 0.05) is 18.7 Å². The average molecular weight is 353 g/mol. The van der Waals surface area contributed by atoms with Crippen molar-refractivity contribution in [3.05, 3.63) is 65.7 Å². The molecule has 0 aliphatic heterocycles. The van der Waals surface area contributed by atoms with Gasteiger partial charge in [-0.2, -0.15) is 0 Å². The van der Waals surface area contributed by atoms with Gasteiger partial charge in [0.05, 0.1) is 0 Å². The average Bonchev–Trinajstić information content (AvgIpc) is 2.66. The van der Waals surface area contributed by atoms with E-state index in [1.165, 1.54) is 6.08 Å². The standard InChI is InChI=1S/C21H23NO4/c1-3-22(4-2)21(25)15-26-19-11-9-17(10-12-19)20(24)13-8-16-6-5-7-18(23)14-16/h5-14,23H,3-4,15H2,1-2H3. The van der Waals surface area contributed by atoms with Gasteiger partial charge in [-0.25, -0.2) is 0 Å². The molecule has 0 spiro atoms. The smallest absolute Gasteiger partial charge is 0.260 e. The molecular formula is C21H23NO4. The fourth-order valence-corrected chi connectivity index (χ4v) is 2.42. The van der Waals surface area contributed by atoms with Gasteiger partial charge in [0.25, 0.3) is 5.91 Å². The number of carbonyl (C=O) groups excluding carboxylic acids is 2. The van der Waals surface area contributed by atoms with Gasteiger partial charge in [-0.1, -0.05) is 18.2 Å². The van der Waals surface area contributed by atoms with Crippen LogP contribution in [0.3, 0.4) is 0 Å². The summed E-state index contributed by atoms with van der Waals surface area (Å²) in [6.07, 6.45) is 3.10. The topological polar surface area (TPSA) is 66.8 Å². The molecule has 5 heteroatoms. The lowest BCUT2D eigenvalue weighted by Gasteiger charge is -2.18. The molecule has 0 aromatic heterocycles. The number of phenols is 1. The van der Waals surface area contributed by atoms with Gasteiger partial charge in [0.2, 0.25) is 0 Å². The normalized spacial score (nSPS) is 10.7. The van der Waals surface area contributed by atoms with Crippen LogP contribution in [0.25, 0.3) is 6.08 Å². The molecule has 26 heavy (non-hydrogen) atoms. The first-order chi connectivity index (χ1) is 12.5. The second-order valence-corrected chi connectivity index (χ2v) is 5.67. The summed E-state index contributed by atoms with van der Waals surface area (Å²) in [6, 6.07) is 13.3. The zero-order valence-electron chi connectivity index (χ0n) is 15.0. The first-order valence-corrected chi connectivity index (χ1v) is 8.55. The van der Waals surface area contributed by atoms with E-state index in [0.29, 0.717) is 24.4 Å². The molecule has 0 aliphatic rings. The molecule has 0 heterocycles. The number of phenolic OH excluding ortho intramolecular Hbond substituents is 1. The molecule has 1 amide bonds. The van der Waals surface area contributed by atoms with Crippen LogP contribution in [0.4, 0.5) is 0 Å². The number of ether oxygens (including phenoxy) is 1. The van der Waals surface area contributed by atoms with Crippen molar-refractivity contribution in [2.24, 2.45) is 0 Å². The Morgan fingerprint density at radius 1 is 1.08 bits per heavy atom. The summed E-state index contributed by atoms with van der Waals surface area (Å²) in [4.78, 5) is 25.8. The lowest BCUT2D eigenvalue weighted by atomic mass is 10.1. The van der Waals surface area contributed by atoms with Crippen LogP contribution in [0.15, 0.2) is 54.6 Å². The molecule has 136 valence electrons. The highest BCUT2D eigenvalue weighted by Gasteiger charge is 2.10. The molecular weight excluding hydrogens is 330 g/mol. The number of ketones is 1. The quantitative estimate of drug-likeness (QED) is 0.582. The number of carbonyl (C=O) groups is 2. The van der Waals surface area contributed by atoms with Crippen LogP contribution in [0, 0.1) is 0 Å². The summed E-state index contributed by atoms with van der Waals surface area (Å²) in [6.45, 7) is 5.12. The predicted molar refractivity (Wildman–Crippen MR) is 101 cm³/mol. The highest BCUT2D eigenvalue weighted by molar-refractivity contribution is 6.06. The summed E-state index contributed by atoms with van der Waals surface area (Å²) >= 11 is 0. The zero-order chi connectivity index (χ0) is 18.9. The fraction of sp³-hybridized carbons (Fsp3) is 0.238. The molecule has 2 rings (SSSR count). The largest absolute Gasteiger partial charge is 0.508 e. The van der Waals surface area contributed by atoms with Gasteiger partial charge in [-0.15, -0.1) is 0 Å². The number of hydrogen-bond donors (Lipinski definition) is 1. The van der Waals surface area contributed by atoms with Crippen molar-refractivity contribution >= 4 is 17.8 Å². The SMILES string of the molecule is CCN(CC)C(=O)COc1ccc(C(=O)C=Cc2cccc(O)c2)cc1. The maximum atomic E-state index is 12.2. The van der Waals surface area contributed by atoms with E-state index in [4.69, 9.17) is 4.74 Å². The van der Waals surface area contributed by atoms with E-state index < -0.39 is 0 Å². The Bertz CT molecular complexity index is 777. The lowest BCUT2D eigenvalue weighted by Crippen LogP contribution is -2.34. The molecule has 5 nitrogen and oxygen atoms in total. The number of rotatable bonds is 8. The van der Waals surface area contributed by atoms with Gasteiger partial charge in [-0.05, 0) is 61.9 Å². The summed E-state index contributed by atoms with van der Waals surface area (Å²) in [5, 5.41) is 9.42. The van der Waals surface area contributed by atoms with Crippen molar-refractivity contribution < 1.29 is 19.4 Å². The predicted octanol–water partition coefficient (Wildman–Crippen LogP) is 3.54. The second-order valence-electron chi connectivity index (χ2n) is 5.67. The molecule has 0 fully saturated rings. The van der Waals surface area contributed by atoms with E-state index in [2.05, 4.69) is 0 Å². The van der Waals surface area contributed by atoms with Crippen LogP contribution in [0.2, 0.25) is 0 Å². The Labute approximate surface area is 153 Å². The van der Waals surface area contributed by atoms with E-state index in [1.807, 2.05) is 13.8 Å². The number of hydrogen-bond acceptors (Lipinski definition) is 4. The van der Waals surface area contributed by atoms with Gasteiger partial charge in [-0.3, -0.25) is 9.59 Å². The molecule has 0 atom stereocenters. The number of benzene rings is 2. The van der Waals surface area contributed by atoms with E-state index in [0.717, 1.165) is 5.56 Å². The first-order valence-electron chi connectivity index (χ1n) is 8.55. The van der Waals surface area contributed by atoms with Crippen molar-refractivity contribution in [2.45, 2.75) is 13.8 Å². The summed E-state index contributed by atoms with van der Waals surface area (Å²) in [5.41, 5.74) is 1.26. The molecule has 0 aliphatic carbocycles.